The fraction of sp³-hybridized carbons (Fsp3) is 0.800. The predicted molar refractivity (Wildman–Crippen MR) is 45.3 cm³/mol. The number of nitrogens with one attached hydrogen (secondary N) is 1. The predicted octanol–water partition coefficient (Wildman–Crippen LogP) is 1.43. The van der Waals surface area contributed by atoms with E-state index in [4.69, 9.17) is 16.3 Å². The Bertz CT molecular complexity index is 210. The van der Waals surface area contributed by atoms with Gasteiger partial charge >= 0.3 is 12.8 Å². The second kappa shape index (κ2) is 4.82. The van der Waals surface area contributed by atoms with Gasteiger partial charge in [0.05, 0.1) is 6.61 Å². The van der Waals surface area contributed by atoms with E-state index in [1.807, 2.05) is 0 Å². The van der Waals surface area contributed by atoms with E-state index in [1.165, 1.54) is 6.92 Å². The zero-order valence-electron chi connectivity index (χ0n) is 6.78. The van der Waals surface area contributed by atoms with Gasteiger partial charge in [0.25, 0.3) is 0 Å². The zero-order chi connectivity index (χ0) is 9.78. The quantitative estimate of drug-likeness (QED) is 0.679. The van der Waals surface area contributed by atoms with Gasteiger partial charge in [-0.25, -0.2) is 5.09 Å². The van der Waals surface area contributed by atoms with Crippen LogP contribution in [0.4, 0.5) is 0 Å². The van der Waals surface area contributed by atoms with Gasteiger partial charge < -0.3 is 9.63 Å². The molecule has 0 radical (unpaired) electrons. The monoisotopic (exact) mass is 215 g/mol. The third-order valence-corrected chi connectivity index (χ3v) is 2.88. The third-order valence-electron chi connectivity index (χ3n) is 1.01. The largest absolute Gasteiger partial charge is 0.480 e. The molecule has 0 amide bonds. The first-order valence-corrected chi connectivity index (χ1v) is 5.87. The van der Waals surface area contributed by atoms with E-state index in [1.54, 1.807) is 6.92 Å². The van der Waals surface area contributed by atoms with Gasteiger partial charge in [-0.15, -0.1) is 0 Å². The van der Waals surface area contributed by atoms with Crippen molar-refractivity contribution in [2.75, 3.05) is 6.61 Å². The van der Waals surface area contributed by atoms with E-state index < -0.39 is 18.9 Å². The van der Waals surface area contributed by atoms with Gasteiger partial charge in [-0.05, 0) is 25.1 Å². The molecule has 12 heavy (non-hydrogen) atoms. The molecule has 0 aliphatic rings. The highest BCUT2D eigenvalue weighted by Crippen LogP contribution is 2.48. The van der Waals surface area contributed by atoms with E-state index in [0.29, 0.717) is 0 Å². The van der Waals surface area contributed by atoms with E-state index in [-0.39, 0.29) is 6.61 Å². The van der Waals surface area contributed by atoms with Crippen molar-refractivity contribution in [3.05, 3.63) is 0 Å². The minimum absolute atomic E-state index is 0.167. The van der Waals surface area contributed by atoms with Crippen LogP contribution in [0.15, 0.2) is 0 Å². The lowest BCUT2D eigenvalue weighted by Gasteiger charge is -2.14. The second-order valence-corrected chi connectivity index (χ2v) is 4.90. The highest BCUT2D eigenvalue weighted by atomic mass is 35.7. The Morgan fingerprint density at radius 2 is 2.33 bits per heavy atom. The summed E-state index contributed by atoms with van der Waals surface area (Å²) in [5.74, 6) is -1.13. The third kappa shape index (κ3) is 4.72. The van der Waals surface area contributed by atoms with Crippen LogP contribution in [0.2, 0.25) is 0 Å². The lowest BCUT2D eigenvalue weighted by Crippen LogP contribution is -2.30. The van der Waals surface area contributed by atoms with Crippen molar-refractivity contribution in [1.29, 1.82) is 0 Å². The van der Waals surface area contributed by atoms with Gasteiger partial charge in [-0.3, -0.25) is 9.36 Å². The van der Waals surface area contributed by atoms with E-state index in [2.05, 4.69) is 9.61 Å². The number of hydrogen-bond acceptors (Lipinski definition) is 3. The minimum atomic E-state index is -3.46. The maximum Gasteiger partial charge on any atom is 0.361 e. The topological polar surface area (TPSA) is 75.6 Å². The summed E-state index contributed by atoms with van der Waals surface area (Å²) in [5.41, 5.74) is 0. The lowest BCUT2D eigenvalue weighted by molar-refractivity contribution is -0.138. The van der Waals surface area contributed by atoms with Crippen LogP contribution in [0, 0.1) is 0 Å². The Hall–Kier alpha value is -0.0900. The number of carboxylic acid groups (broad SMARTS) is 1. The van der Waals surface area contributed by atoms with Crippen molar-refractivity contribution in [2.45, 2.75) is 19.9 Å². The molecular weight excluding hydrogens is 204 g/mol. The number of aliphatic carboxylic acids is 1. The summed E-state index contributed by atoms with van der Waals surface area (Å²) in [4.78, 5) is 10.3. The Morgan fingerprint density at radius 1 is 1.83 bits per heavy atom. The summed E-state index contributed by atoms with van der Waals surface area (Å²) >= 11 is 5.33. The molecular formula is C5H11ClNO4P. The van der Waals surface area contributed by atoms with Crippen LogP contribution in [0.3, 0.4) is 0 Å². The standard InChI is InChI=1S/C5H11ClNO4P/c1-3-11-12(6,10)7-4(2)5(8)9/h4H,3H2,1-2H3,(H,7,10)(H,8,9). The van der Waals surface area contributed by atoms with Crippen LogP contribution in [-0.4, -0.2) is 23.7 Å². The molecule has 0 aromatic heterocycles. The molecule has 0 aliphatic carbocycles. The average molecular weight is 216 g/mol. The van der Waals surface area contributed by atoms with Crippen molar-refractivity contribution in [3.8, 4) is 0 Å². The molecule has 7 heteroatoms. The van der Waals surface area contributed by atoms with Gasteiger partial charge in [0.15, 0.2) is 0 Å². The molecule has 0 saturated carbocycles. The first kappa shape index (κ1) is 11.9. The van der Waals surface area contributed by atoms with Crippen LogP contribution in [-0.2, 0) is 13.9 Å². The SMILES string of the molecule is CCOP(=O)(Cl)NC(C)C(=O)O. The average Bonchev–Trinajstić information content (AvgIpc) is 1.85. The molecule has 72 valence electrons. The lowest BCUT2D eigenvalue weighted by atomic mass is 10.4. The number of carboxylic acids is 1. The number of halogens is 1. The number of rotatable bonds is 5. The molecule has 0 bridgehead atoms. The maximum atomic E-state index is 11.1. The van der Waals surface area contributed by atoms with Crippen molar-refractivity contribution < 1.29 is 19.0 Å². The van der Waals surface area contributed by atoms with Gasteiger partial charge in [0.2, 0.25) is 0 Å². The Morgan fingerprint density at radius 3 is 2.67 bits per heavy atom. The van der Waals surface area contributed by atoms with E-state index in [0.717, 1.165) is 0 Å². The minimum Gasteiger partial charge on any atom is -0.480 e. The van der Waals surface area contributed by atoms with Crippen LogP contribution >= 0.6 is 18.1 Å². The van der Waals surface area contributed by atoms with Gasteiger partial charge in [0.1, 0.15) is 6.04 Å². The van der Waals surface area contributed by atoms with Gasteiger partial charge in [-0.1, -0.05) is 0 Å². The smallest absolute Gasteiger partial charge is 0.361 e. The van der Waals surface area contributed by atoms with Crippen LogP contribution in [0.5, 0.6) is 0 Å². The summed E-state index contributed by atoms with van der Waals surface area (Å²) < 4.78 is 15.7. The molecule has 5 nitrogen and oxygen atoms in total. The zero-order valence-corrected chi connectivity index (χ0v) is 8.43. The fourth-order valence-corrected chi connectivity index (χ4v) is 2.20. The molecule has 0 saturated heterocycles. The molecule has 0 aromatic carbocycles. The van der Waals surface area contributed by atoms with Crippen molar-refractivity contribution in [3.63, 3.8) is 0 Å². The molecule has 0 heterocycles. The Labute approximate surface area is 75.3 Å². The second-order valence-electron chi connectivity index (χ2n) is 2.09. The molecule has 0 spiro atoms. The molecule has 2 atom stereocenters. The molecule has 0 fully saturated rings. The van der Waals surface area contributed by atoms with Gasteiger partial charge in [0, 0.05) is 0 Å². The molecule has 2 N–H and O–H groups in total. The first-order chi connectivity index (χ1) is 5.39. The number of carbonyl (C=O) groups is 1. The first-order valence-electron chi connectivity index (χ1n) is 3.34. The van der Waals surface area contributed by atoms with Crippen molar-refractivity contribution >= 4 is 24.1 Å². The summed E-state index contributed by atoms with van der Waals surface area (Å²) in [6.07, 6.45) is 0. The maximum absolute atomic E-state index is 11.1. The highest BCUT2D eigenvalue weighted by molar-refractivity contribution is 7.83. The van der Waals surface area contributed by atoms with Crippen LogP contribution in [0.1, 0.15) is 13.8 Å². The number of hydrogen-bond donors (Lipinski definition) is 2. The van der Waals surface area contributed by atoms with Crippen molar-refractivity contribution in [2.24, 2.45) is 0 Å². The summed E-state index contributed by atoms with van der Waals surface area (Å²) in [7, 11) is 0. The Balaban J connectivity index is 4.05. The molecule has 0 rings (SSSR count). The highest BCUT2D eigenvalue weighted by Gasteiger charge is 2.24. The summed E-state index contributed by atoms with van der Waals surface area (Å²) in [6.45, 7) is -0.351. The normalized spacial score (nSPS) is 18.2. The molecule has 0 aromatic rings. The fourth-order valence-electron chi connectivity index (χ4n) is 0.490. The summed E-state index contributed by atoms with van der Waals surface area (Å²) in [6, 6.07) is -0.986. The Kier molecular flexibility index (Phi) is 4.78. The van der Waals surface area contributed by atoms with Crippen LogP contribution < -0.4 is 5.09 Å². The van der Waals surface area contributed by atoms with Crippen LogP contribution in [0.25, 0.3) is 0 Å². The van der Waals surface area contributed by atoms with Crippen molar-refractivity contribution in [1.82, 2.24) is 5.09 Å². The van der Waals surface area contributed by atoms with E-state index in [9.17, 15) is 9.36 Å². The van der Waals surface area contributed by atoms with Gasteiger partial charge in [-0.2, -0.15) is 0 Å². The molecule has 2 unspecified atom stereocenters. The summed E-state index contributed by atoms with van der Waals surface area (Å²) in [5, 5.41) is 10.6. The van der Waals surface area contributed by atoms with E-state index >= 15 is 0 Å². The molecule has 0 aliphatic heterocycles.